The van der Waals surface area contributed by atoms with Crippen LogP contribution in [0.5, 0.6) is 0 Å². The maximum Gasteiger partial charge on any atom is 0.270 e. The minimum atomic E-state index is -0.324. The van der Waals surface area contributed by atoms with Gasteiger partial charge in [-0.25, -0.2) is 4.99 Å². The first kappa shape index (κ1) is 22.1. The van der Waals surface area contributed by atoms with E-state index in [0.29, 0.717) is 11.4 Å². The molecule has 0 radical (unpaired) electrons. The summed E-state index contributed by atoms with van der Waals surface area (Å²) in [4.78, 5) is 17.1. The lowest BCUT2D eigenvalue weighted by molar-refractivity contribution is -0.115. The summed E-state index contributed by atoms with van der Waals surface area (Å²) in [5.41, 5.74) is 5.75. The molecule has 0 fully saturated rings. The normalized spacial score (nSPS) is 12.9. The molecule has 0 saturated carbocycles. The molecule has 3 nitrogen and oxygen atoms in total. The minimum absolute atomic E-state index is 0.287. The smallest absolute Gasteiger partial charge is 0.270 e. The predicted octanol–water partition coefficient (Wildman–Crippen LogP) is 5.95. The summed E-state index contributed by atoms with van der Waals surface area (Å²) >= 11 is 0. The second-order valence-electron chi connectivity index (χ2n) is 6.61. The molecule has 1 N–H and O–H groups in total. The van der Waals surface area contributed by atoms with Gasteiger partial charge in [0.25, 0.3) is 5.91 Å². The number of nitrogens with one attached hydrogen (secondary N) is 1. The summed E-state index contributed by atoms with van der Waals surface area (Å²) in [6.45, 7) is 23.2. The summed E-state index contributed by atoms with van der Waals surface area (Å²) in [5, 5.41) is 2.97. The molecule has 0 spiro atoms. The largest absolute Gasteiger partial charge is 0.340 e. The lowest BCUT2D eigenvalue weighted by Gasteiger charge is -2.16. The average molecular weight is 363 g/mol. The van der Waals surface area contributed by atoms with E-state index in [1.54, 1.807) is 19.1 Å². The molecule has 1 atom stereocenters. The minimum Gasteiger partial charge on any atom is -0.340 e. The van der Waals surface area contributed by atoms with Gasteiger partial charge >= 0.3 is 0 Å². The predicted molar refractivity (Wildman–Crippen MR) is 118 cm³/mol. The van der Waals surface area contributed by atoms with E-state index in [1.807, 2.05) is 38.1 Å². The van der Waals surface area contributed by atoms with E-state index in [0.717, 1.165) is 34.3 Å². The van der Waals surface area contributed by atoms with Gasteiger partial charge < -0.3 is 5.32 Å². The second kappa shape index (κ2) is 10.3. The zero-order chi connectivity index (χ0) is 20.6. The van der Waals surface area contributed by atoms with E-state index < -0.39 is 0 Å². The molecule has 1 rings (SSSR count). The molecule has 1 aromatic carbocycles. The Hall–Kier alpha value is -2.94. The first-order valence-corrected chi connectivity index (χ1v) is 8.99. The van der Waals surface area contributed by atoms with Gasteiger partial charge in [0, 0.05) is 5.70 Å². The van der Waals surface area contributed by atoms with Gasteiger partial charge in [-0.3, -0.25) is 4.79 Å². The van der Waals surface area contributed by atoms with E-state index in [9.17, 15) is 4.79 Å². The molecule has 0 heterocycles. The van der Waals surface area contributed by atoms with Crippen molar-refractivity contribution >= 4 is 17.2 Å². The third-order valence-corrected chi connectivity index (χ3v) is 4.20. The van der Waals surface area contributed by atoms with Crippen molar-refractivity contribution in [1.82, 2.24) is 5.32 Å². The molecular formula is C24H30N2O. The van der Waals surface area contributed by atoms with Crippen molar-refractivity contribution in [2.45, 2.75) is 40.2 Å². The van der Waals surface area contributed by atoms with Crippen LogP contribution in [-0.4, -0.2) is 11.6 Å². The maximum absolute atomic E-state index is 12.8. The third kappa shape index (κ3) is 6.70. The number of hydrogen-bond acceptors (Lipinski definition) is 2. The summed E-state index contributed by atoms with van der Waals surface area (Å²) in [5.74, 6) is -0.287. The van der Waals surface area contributed by atoms with Crippen LogP contribution in [0.25, 0.3) is 5.57 Å². The van der Waals surface area contributed by atoms with Crippen LogP contribution >= 0.6 is 0 Å². The number of hydrogen-bond donors (Lipinski definition) is 1. The zero-order valence-electron chi connectivity index (χ0n) is 16.9. The fourth-order valence-electron chi connectivity index (χ4n) is 2.31. The highest BCUT2D eigenvalue weighted by atomic mass is 16.1. The molecule has 27 heavy (non-hydrogen) atoms. The van der Waals surface area contributed by atoms with Crippen molar-refractivity contribution in [2.24, 2.45) is 4.99 Å². The number of benzene rings is 1. The van der Waals surface area contributed by atoms with Crippen LogP contribution in [0, 0.1) is 0 Å². The molecule has 1 aromatic rings. The summed E-state index contributed by atoms with van der Waals surface area (Å²) in [7, 11) is 0. The van der Waals surface area contributed by atoms with Gasteiger partial charge in [0.2, 0.25) is 0 Å². The van der Waals surface area contributed by atoms with Crippen molar-refractivity contribution < 1.29 is 4.79 Å². The van der Waals surface area contributed by atoms with E-state index in [4.69, 9.17) is 0 Å². The molecule has 0 bridgehead atoms. The highest BCUT2D eigenvalue weighted by Crippen LogP contribution is 2.20. The standard InChI is InChI=1S/C24H30N2O/c1-9-18(7)20-11-13-21(14-12-20)22(10-2)26-24(27)23(25-17(5)6)15-19(8)16(3)4/h10-15,22H,2-3,5,7,9H2,1,4,6,8H3,(H,26,27)/b19-15+,25-23?/t22-/m0/s1. The van der Waals surface area contributed by atoms with Crippen LogP contribution in [0.15, 0.2) is 84.6 Å². The van der Waals surface area contributed by atoms with E-state index in [2.05, 4.69) is 43.5 Å². The van der Waals surface area contributed by atoms with Crippen LogP contribution in [0.3, 0.4) is 0 Å². The van der Waals surface area contributed by atoms with Crippen LogP contribution in [0.2, 0.25) is 0 Å². The van der Waals surface area contributed by atoms with Crippen LogP contribution in [-0.2, 0) is 4.79 Å². The lowest BCUT2D eigenvalue weighted by Crippen LogP contribution is -2.33. The van der Waals surface area contributed by atoms with Crippen molar-refractivity contribution in [1.29, 1.82) is 0 Å². The average Bonchev–Trinajstić information content (AvgIpc) is 2.64. The molecular weight excluding hydrogens is 332 g/mol. The second-order valence-corrected chi connectivity index (χ2v) is 6.61. The SMILES string of the molecule is C=C[C@H](NC(=O)C(/C=C(\C)C(=C)C)=NC(=C)C)c1ccc(C(=C)CC)cc1. The van der Waals surface area contributed by atoms with Gasteiger partial charge in [-0.15, -0.1) is 6.58 Å². The van der Waals surface area contributed by atoms with Crippen LogP contribution in [0.1, 0.15) is 51.3 Å². The molecule has 0 aliphatic heterocycles. The van der Waals surface area contributed by atoms with Gasteiger partial charge in [0.15, 0.2) is 0 Å². The maximum atomic E-state index is 12.8. The number of nitrogens with zero attached hydrogens (tertiary/aromatic N) is 1. The van der Waals surface area contributed by atoms with E-state index >= 15 is 0 Å². The van der Waals surface area contributed by atoms with Crippen molar-refractivity contribution in [3.63, 3.8) is 0 Å². The van der Waals surface area contributed by atoms with Crippen molar-refractivity contribution in [3.8, 4) is 0 Å². The first-order valence-electron chi connectivity index (χ1n) is 8.99. The summed E-state index contributed by atoms with van der Waals surface area (Å²) in [6.07, 6.45) is 4.33. The summed E-state index contributed by atoms with van der Waals surface area (Å²) < 4.78 is 0. The van der Waals surface area contributed by atoms with E-state index in [1.165, 1.54) is 0 Å². The molecule has 0 saturated heterocycles. The number of carbonyl (C=O) groups is 1. The number of carbonyl (C=O) groups excluding carboxylic acids is 1. The molecule has 3 heteroatoms. The van der Waals surface area contributed by atoms with Gasteiger partial charge in [0.1, 0.15) is 5.71 Å². The zero-order valence-corrected chi connectivity index (χ0v) is 16.9. The summed E-state index contributed by atoms with van der Waals surface area (Å²) in [6, 6.07) is 7.66. The molecule has 142 valence electrons. The Morgan fingerprint density at radius 1 is 1.15 bits per heavy atom. The first-order chi connectivity index (χ1) is 12.7. The van der Waals surface area contributed by atoms with Gasteiger partial charge in [0.05, 0.1) is 6.04 Å². The topological polar surface area (TPSA) is 41.5 Å². The molecule has 0 aliphatic carbocycles. The number of rotatable bonds is 9. The fraction of sp³-hybridized carbons (Fsp3) is 0.250. The monoisotopic (exact) mass is 362 g/mol. The molecule has 0 aliphatic rings. The Labute approximate surface area is 163 Å². The van der Waals surface area contributed by atoms with Crippen molar-refractivity contribution in [3.05, 3.63) is 90.7 Å². The number of allylic oxidation sites excluding steroid dienone is 4. The van der Waals surface area contributed by atoms with E-state index in [-0.39, 0.29) is 11.9 Å². The van der Waals surface area contributed by atoms with Crippen LogP contribution in [0.4, 0.5) is 0 Å². The lowest BCUT2D eigenvalue weighted by atomic mass is 10.00. The van der Waals surface area contributed by atoms with Crippen molar-refractivity contribution in [2.75, 3.05) is 0 Å². The Kier molecular flexibility index (Phi) is 8.40. The Balaban J connectivity index is 3.09. The van der Waals surface area contributed by atoms with Crippen LogP contribution < -0.4 is 5.32 Å². The molecule has 0 aromatic heterocycles. The fourth-order valence-corrected chi connectivity index (χ4v) is 2.31. The Morgan fingerprint density at radius 3 is 2.19 bits per heavy atom. The number of amides is 1. The Bertz CT molecular complexity index is 807. The molecule has 0 unspecified atom stereocenters. The quantitative estimate of drug-likeness (QED) is 0.329. The Morgan fingerprint density at radius 2 is 1.74 bits per heavy atom. The third-order valence-electron chi connectivity index (χ3n) is 4.20. The molecule has 1 amide bonds. The van der Waals surface area contributed by atoms with Gasteiger partial charge in [-0.1, -0.05) is 62.6 Å². The van der Waals surface area contributed by atoms with Gasteiger partial charge in [-0.05, 0) is 55.5 Å². The van der Waals surface area contributed by atoms with Gasteiger partial charge in [-0.2, -0.15) is 0 Å². The highest BCUT2D eigenvalue weighted by molar-refractivity contribution is 6.43. The number of aliphatic imine (C=N–C) groups is 1. The highest BCUT2D eigenvalue weighted by Gasteiger charge is 2.16.